The Morgan fingerprint density at radius 3 is 2.57 bits per heavy atom. The summed E-state index contributed by atoms with van der Waals surface area (Å²) in [6.45, 7) is 1.90. The molecule has 0 saturated heterocycles. The Morgan fingerprint density at radius 2 is 1.90 bits per heavy atom. The number of amides is 2. The van der Waals surface area contributed by atoms with Gasteiger partial charge in [-0.3, -0.25) is 14.4 Å². The zero-order chi connectivity index (χ0) is 30.6. The van der Waals surface area contributed by atoms with Gasteiger partial charge in [-0.15, -0.1) is 0 Å². The second kappa shape index (κ2) is 16.4. The van der Waals surface area contributed by atoms with Gasteiger partial charge >= 0.3 is 0 Å². The Balaban J connectivity index is 2.01. The molecule has 11 nitrogen and oxygen atoms in total. The molecule has 0 fully saturated rings. The van der Waals surface area contributed by atoms with Crippen LogP contribution in [0, 0.1) is 3.57 Å². The summed E-state index contributed by atoms with van der Waals surface area (Å²) in [6.07, 6.45) is 0.367. The molecule has 3 unspecified atom stereocenters. The van der Waals surface area contributed by atoms with Crippen LogP contribution in [0.25, 0.3) is 0 Å². The van der Waals surface area contributed by atoms with E-state index in [-0.39, 0.29) is 55.7 Å². The summed E-state index contributed by atoms with van der Waals surface area (Å²) in [7, 11) is 3.01. The zero-order valence-corrected chi connectivity index (χ0v) is 26.0. The van der Waals surface area contributed by atoms with Gasteiger partial charge in [0.2, 0.25) is 11.8 Å². The van der Waals surface area contributed by atoms with Gasteiger partial charge in [-0.05, 0) is 65.8 Å². The number of methoxy groups -OCH3 is 2. The molecular formula is C30H37IN2O9. The summed E-state index contributed by atoms with van der Waals surface area (Å²) in [5, 5.41) is 23.5. The topological polar surface area (TPSA) is 144 Å². The van der Waals surface area contributed by atoms with E-state index in [9.17, 15) is 24.6 Å². The van der Waals surface area contributed by atoms with Crippen molar-refractivity contribution in [2.75, 3.05) is 47.1 Å². The van der Waals surface area contributed by atoms with Gasteiger partial charge in [0.25, 0.3) is 0 Å². The lowest BCUT2D eigenvalue weighted by atomic mass is 9.88. The number of nitrogens with zero attached hydrogens (tertiary/aromatic N) is 1. The van der Waals surface area contributed by atoms with Crippen LogP contribution in [0.3, 0.4) is 0 Å². The molecular weight excluding hydrogens is 659 g/mol. The third kappa shape index (κ3) is 8.43. The molecule has 3 rings (SSSR count). The summed E-state index contributed by atoms with van der Waals surface area (Å²) in [5.41, 5.74) is 1.54. The number of ether oxygens (including phenoxy) is 4. The maximum atomic E-state index is 13.5. The lowest BCUT2D eigenvalue weighted by Crippen LogP contribution is -2.56. The second-order valence-electron chi connectivity index (χ2n) is 9.45. The van der Waals surface area contributed by atoms with Gasteiger partial charge in [0.1, 0.15) is 30.9 Å². The molecule has 0 bridgehead atoms. The van der Waals surface area contributed by atoms with Crippen molar-refractivity contribution in [1.82, 2.24) is 10.2 Å². The van der Waals surface area contributed by atoms with E-state index in [0.717, 1.165) is 5.56 Å². The number of benzene rings is 2. The number of aldehydes is 1. The van der Waals surface area contributed by atoms with Crippen molar-refractivity contribution in [3.8, 4) is 17.2 Å². The van der Waals surface area contributed by atoms with E-state index >= 15 is 0 Å². The van der Waals surface area contributed by atoms with Crippen molar-refractivity contribution < 1.29 is 43.5 Å². The van der Waals surface area contributed by atoms with Crippen LogP contribution in [0.4, 0.5) is 0 Å². The van der Waals surface area contributed by atoms with Gasteiger partial charge in [0.15, 0.2) is 11.5 Å². The molecule has 2 aromatic carbocycles. The van der Waals surface area contributed by atoms with Crippen molar-refractivity contribution in [1.29, 1.82) is 0 Å². The van der Waals surface area contributed by atoms with Gasteiger partial charge in [0, 0.05) is 37.3 Å². The third-order valence-corrected chi connectivity index (χ3v) is 7.62. The lowest BCUT2D eigenvalue weighted by Gasteiger charge is -2.40. The largest absolute Gasteiger partial charge is 0.496 e. The first-order valence-corrected chi connectivity index (χ1v) is 14.6. The first kappa shape index (κ1) is 33.3. The smallest absolute Gasteiger partial charge is 0.248 e. The molecule has 0 spiro atoms. The fourth-order valence-electron chi connectivity index (χ4n) is 4.74. The summed E-state index contributed by atoms with van der Waals surface area (Å²) < 4.78 is 23.2. The summed E-state index contributed by atoms with van der Waals surface area (Å²) in [5.74, 6) is 0.424. The Morgan fingerprint density at radius 1 is 1.17 bits per heavy atom. The molecule has 0 radical (unpaired) electrons. The number of carbonyl (C=O) groups excluding carboxylic acids is 3. The molecule has 228 valence electrons. The Labute approximate surface area is 258 Å². The predicted molar refractivity (Wildman–Crippen MR) is 163 cm³/mol. The second-order valence-corrected chi connectivity index (χ2v) is 10.6. The fraction of sp³-hybridized carbons (Fsp3) is 0.433. The molecule has 0 aliphatic heterocycles. The molecule has 2 aromatic rings. The zero-order valence-electron chi connectivity index (χ0n) is 23.9. The molecule has 12 heteroatoms. The molecule has 3 atom stereocenters. The number of halogens is 1. The summed E-state index contributed by atoms with van der Waals surface area (Å²) in [6, 6.07) is 9.74. The molecule has 0 saturated carbocycles. The van der Waals surface area contributed by atoms with Crippen LogP contribution in [-0.4, -0.2) is 98.6 Å². The first-order valence-electron chi connectivity index (χ1n) is 13.5. The molecule has 2 amide bonds. The minimum absolute atomic E-state index is 0.0363. The molecule has 1 aliphatic carbocycles. The quantitative estimate of drug-likeness (QED) is 0.189. The number of nitrogens with one attached hydrogen (secondary N) is 1. The minimum atomic E-state index is -1.24. The highest BCUT2D eigenvalue weighted by atomic mass is 127. The van der Waals surface area contributed by atoms with E-state index in [0.29, 0.717) is 34.2 Å². The Kier molecular flexibility index (Phi) is 13.0. The number of para-hydroxylation sites is 1. The molecule has 42 heavy (non-hydrogen) atoms. The van der Waals surface area contributed by atoms with Crippen molar-refractivity contribution in [2.45, 2.75) is 38.0 Å². The molecule has 0 aromatic heterocycles. The Bertz CT molecular complexity index is 1270. The highest BCUT2D eigenvalue weighted by molar-refractivity contribution is 14.1. The van der Waals surface area contributed by atoms with Gasteiger partial charge in [-0.2, -0.15) is 0 Å². The third-order valence-electron chi connectivity index (χ3n) is 6.82. The Hall–Kier alpha value is -3.20. The van der Waals surface area contributed by atoms with Gasteiger partial charge in [0.05, 0.1) is 30.4 Å². The van der Waals surface area contributed by atoms with E-state index in [1.54, 1.807) is 20.1 Å². The normalized spacial score (nSPS) is 18.0. The van der Waals surface area contributed by atoms with E-state index in [2.05, 4.69) is 5.32 Å². The highest BCUT2D eigenvalue weighted by Crippen LogP contribution is 2.37. The summed E-state index contributed by atoms with van der Waals surface area (Å²) in [4.78, 5) is 39.4. The fourth-order valence-corrected chi connectivity index (χ4v) is 5.49. The van der Waals surface area contributed by atoms with Crippen LogP contribution in [0.1, 0.15) is 29.3 Å². The van der Waals surface area contributed by atoms with E-state index in [1.165, 1.54) is 24.2 Å². The van der Waals surface area contributed by atoms with Gasteiger partial charge < -0.3 is 39.4 Å². The van der Waals surface area contributed by atoms with E-state index in [4.69, 9.17) is 18.9 Å². The number of hydrogen-bond acceptors (Lipinski definition) is 9. The number of hydrogen-bond donors (Lipinski definition) is 3. The van der Waals surface area contributed by atoms with Crippen LogP contribution in [-0.2, 0) is 20.7 Å². The average molecular weight is 697 g/mol. The standard InChI is InChI=1S/C30H37IN2O9/c1-4-41-18-27(36)33(11-9-20-7-5-6-8-24(20)39-2)23-15-21(30(38)32-10-12-34)16-25(28(23)37)42-29-22(31)13-19(17-35)14-26(29)40-3/h5-8,13-14,16-17,23,25,28,34,37H,4,9-12,15,18H2,1-3H3,(H,32,38). The van der Waals surface area contributed by atoms with Gasteiger partial charge in [-0.1, -0.05) is 18.2 Å². The number of carbonyl (C=O) groups is 3. The first-order chi connectivity index (χ1) is 20.3. The summed E-state index contributed by atoms with van der Waals surface area (Å²) >= 11 is 2.00. The number of aliphatic hydroxyl groups is 2. The van der Waals surface area contributed by atoms with Crippen LogP contribution in [0.5, 0.6) is 17.2 Å². The van der Waals surface area contributed by atoms with Crippen LogP contribution < -0.4 is 19.5 Å². The van der Waals surface area contributed by atoms with Crippen molar-refractivity contribution >= 4 is 40.7 Å². The van der Waals surface area contributed by atoms with Crippen molar-refractivity contribution in [3.63, 3.8) is 0 Å². The molecule has 1 aliphatic rings. The highest BCUT2D eigenvalue weighted by Gasteiger charge is 2.41. The van der Waals surface area contributed by atoms with E-state index < -0.39 is 24.2 Å². The van der Waals surface area contributed by atoms with Crippen molar-refractivity contribution in [2.24, 2.45) is 0 Å². The SMILES string of the molecule is CCOCC(=O)N(CCc1ccccc1OC)C1CC(C(=O)NCCO)=CC(Oc2c(I)cc(C=O)cc2OC)C1O. The molecule has 0 heterocycles. The maximum absolute atomic E-state index is 13.5. The van der Waals surface area contributed by atoms with Crippen LogP contribution in [0.15, 0.2) is 48.0 Å². The molecule has 3 N–H and O–H groups in total. The van der Waals surface area contributed by atoms with Crippen molar-refractivity contribution in [3.05, 3.63) is 62.7 Å². The van der Waals surface area contributed by atoms with E-state index in [1.807, 2.05) is 46.9 Å². The average Bonchev–Trinajstić information content (AvgIpc) is 3.00. The minimum Gasteiger partial charge on any atom is -0.496 e. The van der Waals surface area contributed by atoms with Gasteiger partial charge in [-0.25, -0.2) is 0 Å². The maximum Gasteiger partial charge on any atom is 0.248 e. The predicted octanol–water partition coefficient (Wildman–Crippen LogP) is 2.14. The number of rotatable bonds is 15. The monoisotopic (exact) mass is 696 g/mol. The van der Waals surface area contributed by atoms with Crippen LogP contribution in [0.2, 0.25) is 0 Å². The lowest BCUT2D eigenvalue weighted by molar-refractivity contribution is -0.143. The van der Waals surface area contributed by atoms with Crippen LogP contribution >= 0.6 is 22.6 Å². The number of aliphatic hydroxyl groups excluding tert-OH is 2.